The molecule has 2 heterocycles. The van der Waals surface area contributed by atoms with Gasteiger partial charge in [-0.3, -0.25) is 25.2 Å². The van der Waals surface area contributed by atoms with Crippen molar-refractivity contribution in [3.63, 3.8) is 0 Å². The number of nitrogens with zero attached hydrogens (tertiary/aromatic N) is 2. The topological polar surface area (TPSA) is 99.4 Å². The third-order valence-corrected chi connectivity index (χ3v) is 5.45. The SMILES string of the molecule is CC(C)(C)ONC=CCN1C(=O)C(C)(C)c2cc3[nH]c(NC(=O)c4ccccc4)nc3cc21. The van der Waals surface area contributed by atoms with Gasteiger partial charge >= 0.3 is 0 Å². The maximum absolute atomic E-state index is 13.1. The highest BCUT2D eigenvalue weighted by atomic mass is 16.7. The average molecular weight is 448 g/mol. The second-order valence-corrected chi connectivity index (χ2v) is 9.57. The number of carbonyl (C=O) groups is 2. The summed E-state index contributed by atoms with van der Waals surface area (Å²) in [6.45, 7) is 10.1. The van der Waals surface area contributed by atoms with Crippen LogP contribution in [0.4, 0.5) is 11.6 Å². The molecule has 3 N–H and O–H groups in total. The Kier molecular flexibility index (Phi) is 5.71. The molecule has 3 aromatic rings. The van der Waals surface area contributed by atoms with Gasteiger partial charge in [0, 0.05) is 18.3 Å². The van der Waals surface area contributed by atoms with E-state index in [0.29, 0.717) is 23.6 Å². The molecular weight excluding hydrogens is 418 g/mol. The Labute approximate surface area is 193 Å². The molecular formula is C25H29N5O3. The smallest absolute Gasteiger partial charge is 0.257 e. The summed E-state index contributed by atoms with van der Waals surface area (Å²) in [5.74, 6) is 0.139. The molecule has 0 aliphatic carbocycles. The maximum atomic E-state index is 13.1. The van der Waals surface area contributed by atoms with Gasteiger partial charge in [-0.25, -0.2) is 4.98 Å². The number of rotatable bonds is 6. The molecule has 0 atom stereocenters. The number of H-pyrrole nitrogens is 1. The fourth-order valence-electron chi connectivity index (χ4n) is 3.76. The van der Waals surface area contributed by atoms with E-state index in [-0.39, 0.29) is 17.4 Å². The molecule has 0 spiro atoms. The molecule has 0 unspecified atom stereocenters. The Morgan fingerprint density at radius 1 is 1.21 bits per heavy atom. The van der Waals surface area contributed by atoms with Gasteiger partial charge in [0.15, 0.2) is 0 Å². The highest BCUT2D eigenvalue weighted by Crippen LogP contribution is 2.43. The lowest BCUT2D eigenvalue weighted by Gasteiger charge is -2.20. The molecule has 2 amide bonds. The summed E-state index contributed by atoms with van der Waals surface area (Å²) in [6, 6.07) is 12.8. The number of nitrogens with one attached hydrogen (secondary N) is 3. The minimum Gasteiger partial charge on any atom is -0.324 e. The van der Waals surface area contributed by atoms with Gasteiger partial charge in [0.25, 0.3) is 5.91 Å². The van der Waals surface area contributed by atoms with Crippen molar-refractivity contribution in [3.8, 4) is 0 Å². The number of fused-ring (bicyclic) bond motifs is 2. The van der Waals surface area contributed by atoms with Crippen LogP contribution >= 0.6 is 0 Å². The zero-order valence-corrected chi connectivity index (χ0v) is 19.5. The number of anilines is 2. The van der Waals surface area contributed by atoms with Crippen molar-refractivity contribution in [2.75, 3.05) is 16.8 Å². The predicted molar refractivity (Wildman–Crippen MR) is 129 cm³/mol. The number of aromatic amines is 1. The third-order valence-electron chi connectivity index (χ3n) is 5.45. The standard InChI is InChI=1S/C25H29N5O3/c1-24(2,3)33-26-12-9-13-30-20-15-19-18(14-17(20)25(4,5)22(30)32)27-23(28-19)29-21(31)16-10-7-6-8-11-16/h6-12,14-15,26H,13H2,1-5H3,(H2,27,28,29,31). The van der Waals surface area contributed by atoms with Crippen LogP contribution in [0.25, 0.3) is 11.0 Å². The lowest BCUT2D eigenvalue weighted by atomic mass is 9.86. The Morgan fingerprint density at radius 2 is 1.94 bits per heavy atom. The van der Waals surface area contributed by atoms with Crippen LogP contribution in [-0.2, 0) is 15.0 Å². The first-order valence-corrected chi connectivity index (χ1v) is 10.9. The van der Waals surface area contributed by atoms with E-state index in [2.05, 4.69) is 20.8 Å². The fraction of sp³-hybridized carbons (Fsp3) is 0.320. The average Bonchev–Trinajstić information content (AvgIpc) is 3.23. The van der Waals surface area contributed by atoms with E-state index in [0.717, 1.165) is 16.8 Å². The van der Waals surface area contributed by atoms with Crippen molar-refractivity contribution in [1.82, 2.24) is 15.4 Å². The molecule has 0 saturated carbocycles. The number of hydroxylamine groups is 1. The van der Waals surface area contributed by atoms with Crippen molar-refractivity contribution in [2.45, 2.75) is 45.6 Å². The van der Waals surface area contributed by atoms with E-state index < -0.39 is 5.41 Å². The number of amides is 2. The molecule has 2 aromatic carbocycles. The fourth-order valence-corrected chi connectivity index (χ4v) is 3.76. The highest BCUT2D eigenvalue weighted by molar-refractivity contribution is 6.10. The lowest BCUT2D eigenvalue weighted by molar-refractivity contribution is -0.122. The molecule has 1 aromatic heterocycles. The molecule has 33 heavy (non-hydrogen) atoms. The van der Waals surface area contributed by atoms with Gasteiger partial charge in [-0.15, -0.1) is 0 Å². The minimum atomic E-state index is -0.675. The maximum Gasteiger partial charge on any atom is 0.257 e. The summed E-state index contributed by atoms with van der Waals surface area (Å²) < 4.78 is 0. The van der Waals surface area contributed by atoms with Crippen LogP contribution in [-0.4, -0.2) is 33.9 Å². The van der Waals surface area contributed by atoms with Crippen molar-refractivity contribution >= 4 is 34.5 Å². The number of aromatic nitrogens is 2. The van der Waals surface area contributed by atoms with E-state index in [1.54, 1.807) is 23.2 Å². The van der Waals surface area contributed by atoms with Crippen LogP contribution in [0.2, 0.25) is 0 Å². The van der Waals surface area contributed by atoms with Crippen molar-refractivity contribution in [2.24, 2.45) is 0 Å². The van der Waals surface area contributed by atoms with E-state index in [9.17, 15) is 9.59 Å². The monoisotopic (exact) mass is 447 g/mol. The van der Waals surface area contributed by atoms with Gasteiger partial charge in [-0.2, -0.15) is 0 Å². The molecule has 8 heteroatoms. The summed E-state index contributed by atoms with van der Waals surface area (Å²) >= 11 is 0. The van der Waals surface area contributed by atoms with Crippen molar-refractivity contribution < 1.29 is 14.4 Å². The number of carbonyl (C=O) groups excluding carboxylic acids is 2. The number of benzene rings is 2. The highest BCUT2D eigenvalue weighted by Gasteiger charge is 2.43. The van der Waals surface area contributed by atoms with Crippen LogP contribution in [0, 0.1) is 0 Å². The van der Waals surface area contributed by atoms with Crippen molar-refractivity contribution in [1.29, 1.82) is 0 Å². The van der Waals surface area contributed by atoms with E-state index in [4.69, 9.17) is 4.84 Å². The van der Waals surface area contributed by atoms with Crippen LogP contribution in [0.1, 0.15) is 50.5 Å². The first kappa shape index (κ1) is 22.5. The minimum absolute atomic E-state index is 0.0177. The summed E-state index contributed by atoms with van der Waals surface area (Å²) in [5, 5.41) is 2.80. The second-order valence-electron chi connectivity index (χ2n) is 9.57. The zero-order valence-electron chi connectivity index (χ0n) is 19.5. The van der Waals surface area contributed by atoms with E-state index in [1.807, 2.05) is 71.0 Å². The number of hydrogen-bond acceptors (Lipinski definition) is 5. The quantitative estimate of drug-likeness (QED) is 0.490. The van der Waals surface area contributed by atoms with Gasteiger partial charge < -0.3 is 9.88 Å². The molecule has 0 fully saturated rings. The number of hydrogen-bond donors (Lipinski definition) is 3. The lowest BCUT2D eigenvalue weighted by Crippen LogP contribution is -2.36. The molecule has 8 nitrogen and oxygen atoms in total. The summed E-state index contributed by atoms with van der Waals surface area (Å²) in [5.41, 5.74) is 5.51. The Balaban J connectivity index is 1.57. The predicted octanol–water partition coefficient (Wildman–Crippen LogP) is 4.27. The largest absolute Gasteiger partial charge is 0.324 e. The third kappa shape index (κ3) is 4.61. The Bertz CT molecular complexity index is 1220. The van der Waals surface area contributed by atoms with E-state index >= 15 is 0 Å². The molecule has 1 aliphatic heterocycles. The number of imidazole rings is 1. The van der Waals surface area contributed by atoms with Gasteiger partial charge in [0.1, 0.15) is 0 Å². The normalized spacial score (nSPS) is 15.3. The van der Waals surface area contributed by atoms with Gasteiger partial charge in [-0.05, 0) is 70.5 Å². The van der Waals surface area contributed by atoms with Crippen LogP contribution in [0.15, 0.2) is 54.7 Å². The molecule has 1 aliphatic rings. The second kappa shape index (κ2) is 8.37. The van der Waals surface area contributed by atoms with Crippen LogP contribution in [0.5, 0.6) is 0 Å². The van der Waals surface area contributed by atoms with Crippen molar-refractivity contribution in [3.05, 3.63) is 65.9 Å². The molecule has 0 radical (unpaired) electrons. The molecule has 4 rings (SSSR count). The molecule has 172 valence electrons. The summed E-state index contributed by atoms with van der Waals surface area (Å²) in [4.78, 5) is 40.5. The van der Waals surface area contributed by atoms with Gasteiger partial charge in [0.05, 0.1) is 27.7 Å². The first-order chi connectivity index (χ1) is 15.6. The van der Waals surface area contributed by atoms with Crippen LogP contribution in [0.3, 0.4) is 0 Å². The first-order valence-electron chi connectivity index (χ1n) is 10.9. The Hall–Kier alpha value is -3.65. The van der Waals surface area contributed by atoms with Gasteiger partial charge in [-0.1, -0.05) is 18.2 Å². The Morgan fingerprint density at radius 3 is 2.64 bits per heavy atom. The summed E-state index contributed by atoms with van der Waals surface area (Å²) in [6.07, 6.45) is 3.53. The zero-order chi connectivity index (χ0) is 23.8. The molecule has 0 bridgehead atoms. The van der Waals surface area contributed by atoms with Crippen LogP contribution < -0.4 is 15.7 Å². The van der Waals surface area contributed by atoms with E-state index in [1.165, 1.54) is 0 Å². The summed E-state index contributed by atoms with van der Waals surface area (Å²) in [7, 11) is 0. The molecule has 0 saturated heterocycles. The van der Waals surface area contributed by atoms with Gasteiger partial charge in [0.2, 0.25) is 11.9 Å².